The molecule has 0 aliphatic carbocycles. The first-order valence-corrected chi connectivity index (χ1v) is 11.8. The zero-order valence-electron chi connectivity index (χ0n) is 19.9. The molecule has 0 saturated carbocycles. The van der Waals surface area contributed by atoms with Crippen LogP contribution in [0.2, 0.25) is 5.02 Å². The number of likely N-dealkylation sites (N-methyl/N-ethyl adjacent to an activating group) is 1. The van der Waals surface area contributed by atoms with Crippen LogP contribution in [0.5, 0.6) is 5.75 Å². The van der Waals surface area contributed by atoms with Crippen LogP contribution < -0.4 is 25.8 Å². The van der Waals surface area contributed by atoms with E-state index in [0.29, 0.717) is 16.9 Å². The van der Waals surface area contributed by atoms with E-state index in [4.69, 9.17) is 16.3 Å². The number of anilines is 3. The van der Waals surface area contributed by atoms with Crippen molar-refractivity contribution in [1.82, 2.24) is 14.9 Å². The molecule has 3 aromatic rings. The lowest BCUT2D eigenvalue weighted by Gasteiger charge is -2.36. The van der Waals surface area contributed by atoms with Crippen molar-refractivity contribution in [2.45, 2.75) is 20.3 Å². The molecule has 4 rings (SSSR count). The van der Waals surface area contributed by atoms with Crippen molar-refractivity contribution in [2.24, 2.45) is 18.9 Å². The molecule has 0 spiro atoms. The third-order valence-electron chi connectivity index (χ3n) is 6.14. The number of carbonyl (C=O) groups is 1. The van der Waals surface area contributed by atoms with E-state index < -0.39 is 0 Å². The molecule has 2 unspecified atom stereocenters. The van der Waals surface area contributed by atoms with Gasteiger partial charge in [0, 0.05) is 44.3 Å². The van der Waals surface area contributed by atoms with E-state index >= 15 is 0 Å². The smallest absolute Gasteiger partial charge is 0.293 e. The van der Waals surface area contributed by atoms with Crippen LogP contribution in [-0.2, 0) is 11.8 Å². The van der Waals surface area contributed by atoms with Crippen molar-refractivity contribution < 1.29 is 9.53 Å². The van der Waals surface area contributed by atoms with Crippen molar-refractivity contribution in [3.63, 3.8) is 0 Å². The lowest BCUT2D eigenvalue weighted by molar-refractivity contribution is -0.122. The summed E-state index contributed by atoms with van der Waals surface area (Å²) in [7, 11) is 3.20. The number of pyridine rings is 2. The van der Waals surface area contributed by atoms with Gasteiger partial charge in [0.2, 0.25) is 0 Å². The Balaban J connectivity index is 1.62. The number of aromatic nitrogens is 2. The molecule has 1 aliphatic heterocycles. The number of nitrogens with zero attached hydrogens (tertiary/aromatic N) is 3. The molecule has 1 aliphatic rings. The number of benzene rings is 1. The van der Waals surface area contributed by atoms with Crippen LogP contribution in [0.1, 0.15) is 20.3 Å². The average molecular weight is 484 g/mol. The highest BCUT2D eigenvalue weighted by atomic mass is 35.5. The second-order valence-corrected chi connectivity index (χ2v) is 9.51. The topological polar surface area (TPSA) is 88.5 Å². The Morgan fingerprint density at radius 3 is 2.65 bits per heavy atom. The highest BCUT2D eigenvalue weighted by molar-refractivity contribution is 6.33. The van der Waals surface area contributed by atoms with E-state index in [9.17, 15) is 9.59 Å². The van der Waals surface area contributed by atoms with Crippen molar-refractivity contribution >= 4 is 45.6 Å². The molecule has 8 nitrogen and oxygen atoms in total. The normalized spacial score (nSPS) is 18.1. The maximum absolute atomic E-state index is 12.6. The van der Waals surface area contributed by atoms with Crippen LogP contribution in [0.3, 0.4) is 0 Å². The summed E-state index contributed by atoms with van der Waals surface area (Å²) in [5.74, 6) is 1.94. The fourth-order valence-corrected chi connectivity index (χ4v) is 4.70. The molecule has 2 N–H and O–H groups in total. The van der Waals surface area contributed by atoms with E-state index in [1.807, 2.05) is 24.3 Å². The van der Waals surface area contributed by atoms with Gasteiger partial charge >= 0.3 is 0 Å². The molecular formula is C25H30ClN5O3. The molecule has 1 amide bonds. The van der Waals surface area contributed by atoms with E-state index in [1.165, 1.54) is 18.0 Å². The van der Waals surface area contributed by atoms with E-state index in [2.05, 4.69) is 34.4 Å². The first-order chi connectivity index (χ1) is 16.2. The van der Waals surface area contributed by atoms with Gasteiger partial charge in [-0.1, -0.05) is 25.4 Å². The highest BCUT2D eigenvalue weighted by Crippen LogP contribution is 2.32. The number of carbonyl (C=O) groups excluding carboxylic acids is 1. The Labute approximate surface area is 203 Å². The molecule has 1 fully saturated rings. The molecule has 0 radical (unpaired) electrons. The number of piperidine rings is 1. The van der Waals surface area contributed by atoms with Crippen molar-refractivity contribution in [2.75, 3.05) is 37.0 Å². The summed E-state index contributed by atoms with van der Waals surface area (Å²) in [4.78, 5) is 31.0. The fraction of sp³-hybridized carbons (Fsp3) is 0.400. The van der Waals surface area contributed by atoms with Gasteiger partial charge in [-0.3, -0.25) is 9.59 Å². The molecule has 34 heavy (non-hydrogen) atoms. The minimum atomic E-state index is -0.307. The van der Waals surface area contributed by atoms with Gasteiger partial charge in [0.05, 0.1) is 22.4 Å². The van der Waals surface area contributed by atoms with Crippen molar-refractivity contribution in [3.8, 4) is 5.75 Å². The lowest BCUT2D eigenvalue weighted by Crippen LogP contribution is -2.39. The minimum absolute atomic E-state index is 0.119. The monoisotopic (exact) mass is 483 g/mol. The zero-order valence-corrected chi connectivity index (χ0v) is 20.6. The summed E-state index contributed by atoms with van der Waals surface area (Å²) < 4.78 is 6.96. The SMILES string of the molecule is CNC(=O)COc1cc2cc(Nc3cc(N4CC(C)CC(C)C4)ncc3Cl)ccc2n(C)c1=O. The van der Waals surface area contributed by atoms with Gasteiger partial charge in [0.15, 0.2) is 12.4 Å². The average Bonchev–Trinajstić information content (AvgIpc) is 2.81. The summed E-state index contributed by atoms with van der Waals surface area (Å²) in [5, 5.41) is 7.18. The number of aryl methyl sites for hydroxylation is 1. The minimum Gasteiger partial charge on any atom is -0.478 e. The number of hydrogen-bond donors (Lipinski definition) is 2. The van der Waals surface area contributed by atoms with Crippen LogP contribution in [0, 0.1) is 11.8 Å². The third kappa shape index (κ3) is 5.12. The van der Waals surface area contributed by atoms with Gasteiger partial charge in [0.1, 0.15) is 5.82 Å². The highest BCUT2D eigenvalue weighted by Gasteiger charge is 2.23. The van der Waals surface area contributed by atoms with Crippen molar-refractivity contribution in [1.29, 1.82) is 0 Å². The summed E-state index contributed by atoms with van der Waals surface area (Å²) in [5.41, 5.74) is 2.02. The molecule has 3 heterocycles. The number of nitrogens with one attached hydrogen (secondary N) is 2. The second kappa shape index (κ2) is 9.93. The van der Waals surface area contributed by atoms with Gasteiger partial charge in [-0.05, 0) is 42.5 Å². The van der Waals surface area contributed by atoms with E-state index in [0.717, 1.165) is 41.2 Å². The molecular weight excluding hydrogens is 454 g/mol. The summed E-state index contributed by atoms with van der Waals surface area (Å²) in [6.45, 7) is 6.26. The predicted molar refractivity (Wildman–Crippen MR) is 136 cm³/mol. The third-order valence-corrected chi connectivity index (χ3v) is 6.44. The van der Waals surface area contributed by atoms with Crippen LogP contribution in [0.25, 0.3) is 10.9 Å². The number of fused-ring (bicyclic) bond motifs is 1. The molecule has 9 heteroatoms. The van der Waals surface area contributed by atoms with Crippen molar-refractivity contribution in [3.05, 3.63) is 51.9 Å². The van der Waals surface area contributed by atoms with Crippen LogP contribution in [0.4, 0.5) is 17.2 Å². The molecule has 0 bridgehead atoms. The van der Waals surface area contributed by atoms with Gasteiger partial charge < -0.3 is 24.8 Å². The maximum Gasteiger partial charge on any atom is 0.293 e. The molecule has 180 valence electrons. The molecule has 1 aromatic carbocycles. The predicted octanol–water partition coefficient (Wildman–Crippen LogP) is 3.94. The number of rotatable bonds is 6. The molecule has 1 saturated heterocycles. The Bertz CT molecular complexity index is 1270. The number of amides is 1. The molecule has 2 aromatic heterocycles. The van der Waals surface area contributed by atoms with Crippen LogP contribution >= 0.6 is 11.6 Å². The van der Waals surface area contributed by atoms with Crippen LogP contribution in [-0.4, -0.2) is 42.2 Å². The lowest BCUT2D eigenvalue weighted by atomic mass is 9.92. The Kier molecular flexibility index (Phi) is 6.97. The van der Waals surface area contributed by atoms with E-state index in [1.54, 1.807) is 19.3 Å². The van der Waals surface area contributed by atoms with Gasteiger partial charge in [-0.2, -0.15) is 0 Å². The molecule has 2 atom stereocenters. The zero-order chi connectivity index (χ0) is 24.4. The van der Waals surface area contributed by atoms with Gasteiger partial charge in [0.25, 0.3) is 11.5 Å². The largest absolute Gasteiger partial charge is 0.478 e. The fourth-order valence-electron chi connectivity index (χ4n) is 4.55. The second-order valence-electron chi connectivity index (χ2n) is 9.11. The van der Waals surface area contributed by atoms with Crippen LogP contribution in [0.15, 0.2) is 41.3 Å². The number of hydrogen-bond acceptors (Lipinski definition) is 6. The summed E-state index contributed by atoms with van der Waals surface area (Å²) in [6.07, 6.45) is 2.91. The summed E-state index contributed by atoms with van der Waals surface area (Å²) >= 11 is 6.47. The first-order valence-electron chi connectivity index (χ1n) is 11.4. The first kappa shape index (κ1) is 23.9. The quantitative estimate of drug-likeness (QED) is 0.552. The van der Waals surface area contributed by atoms with Gasteiger partial charge in [-0.25, -0.2) is 4.98 Å². The Morgan fingerprint density at radius 1 is 1.21 bits per heavy atom. The standard InChI is InChI=1S/C25H30ClN5O3/c1-15-7-16(2)13-31(12-15)23-10-20(19(26)11-28-23)29-18-5-6-21-17(8-18)9-22(25(33)30(21)4)34-14-24(32)27-3/h5-6,8-11,15-16H,7,12-14H2,1-4H3,(H,27,32)(H,28,29). The Morgan fingerprint density at radius 2 is 1.94 bits per heavy atom. The van der Waals surface area contributed by atoms with Gasteiger partial charge in [-0.15, -0.1) is 0 Å². The summed E-state index contributed by atoms with van der Waals surface area (Å²) in [6, 6.07) is 9.32. The maximum atomic E-state index is 12.6. The number of ether oxygens (including phenoxy) is 1. The van der Waals surface area contributed by atoms with E-state index in [-0.39, 0.29) is 23.8 Å². The number of halogens is 1. The Hall–Kier alpha value is -3.26.